The van der Waals surface area contributed by atoms with E-state index < -0.39 is 15.8 Å². The Balaban J connectivity index is 1.76. The number of rotatable bonds is 9. The van der Waals surface area contributed by atoms with Crippen LogP contribution in [0, 0.1) is 0 Å². The molecule has 0 atom stereocenters. The summed E-state index contributed by atoms with van der Waals surface area (Å²) >= 11 is 3.44. The molecule has 0 unspecified atom stereocenters. The number of furan rings is 1. The predicted octanol–water partition coefficient (Wildman–Crippen LogP) is 4.57. The van der Waals surface area contributed by atoms with Gasteiger partial charge in [0, 0.05) is 35.1 Å². The van der Waals surface area contributed by atoms with E-state index in [1.54, 1.807) is 48.4 Å². The van der Waals surface area contributed by atoms with Crippen LogP contribution in [0.1, 0.15) is 53.2 Å². The van der Waals surface area contributed by atoms with Crippen LogP contribution >= 0.6 is 15.9 Å². The molecular formula is C24H24BrN3O6S. The Bertz CT molecular complexity index is 1490. The Morgan fingerprint density at radius 3 is 2.77 bits per heavy atom. The van der Waals surface area contributed by atoms with Crippen molar-refractivity contribution in [1.82, 2.24) is 14.1 Å². The van der Waals surface area contributed by atoms with Crippen molar-refractivity contribution in [3.05, 3.63) is 70.2 Å². The minimum atomic E-state index is -3.70. The zero-order chi connectivity index (χ0) is 24.7. The molecule has 5 rings (SSSR count). The molecular weight excluding hydrogens is 538 g/mol. The highest BCUT2D eigenvalue weighted by Gasteiger charge is 2.36. The zero-order valence-electron chi connectivity index (χ0n) is 19.0. The summed E-state index contributed by atoms with van der Waals surface area (Å²) in [6, 6.07) is 5.05. The van der Waals surface area contributed by atoms with Gasteiger partial charge in [-0.2, -0.15) is 0 Å². The van der Waals surface area contributed by atoms with Crippen LogP contribution in [-0.2, 0) is 32.6 Å². The maximum atomic E-state index is 13.3. The van der Waals surface area contributed by atoms with Gasteiger partial charge in [0.05, 0.1) is 47.0 Å². The van der Waals surface area contributed by atoms with Gasteiger partial charge in [0.25, 0.3) is 0 Å². The molecule has 1 aliphatic carbocycles. The normalized spacial score (nSPS) is 14.0. The Morgan fingerprint density at radius 2 is 2.14 bits per heavy atom. The van der Waals surface area contributed by atoms with Crippen LogP contribution < -0.4 is 0 Å². The molecule has 11 heteroatoms. The highest BCUT2D eigenvalue weighted by atomic mass is 79.9. The van der Waals surface area contributed by atoms with Crippen LogP contribution in [0.15, 0.2) is 52.1 Å². The molecule has 1 aliphatic rings. The molecule has 3 heterocycles. The Labute approximate surface area is 210 Å². The average molecular weight is 562 g/mol. The number of phenols is 1. The van der Waals surface area contributed by atoms with Gasteiger partial charge in [-0.1, -0.05) is 0 Å². The maximum Gasteiger partial charge on any atom is 0.340 e. The standard InChI is InChI=1S/C24H24BrN3O6S/c1-2-33-24(30)22-20(13-35(31,32)12-16-4-3-9-34-16)28(15-5-6-15)19-10-18(25)23(29)17(21(19)22)11-27-8-7-26-14-27/h3-4,7-10,14-15,29H,2,5-6,11-13H2,1H3. The van der Waals surface area contributed by atoms with Crippen molar-refractivity contribution >= 4 is 42.6 Å². The molecule has 1 N–H and O–H groups in total. The summed E-state index contributed by atoms with van der Waals surface area (Å²) in [4.78, 5) is 17.4. The van der Waals surface area contributed by atoms with Gasteiger partial charge < -0.3 is 23.4 Å². The van der Waals surface area contributed by atoms with Crippen molar-refractivity contribution < 1.29 is 27.5 Å². The van der Waals surface area contributed by atoms with Crippen LogP contribution in [0.2, 0.25) is 0 Å². The number of hydrogen-bond donors (Lipinski definition) is 1. The van der Waals surface area contributed by atoms with Crippen LogP contribution in [0.5, 0.6) is 5.75 Å². The number of ether oxygens (including phenoxy) is 1. The molecule has 3 aromatic heterocycles. The highest BCUT2D eigenvalue weighted by molar-refractivity contribution is 9.10. The van der Waals surface area contributed by atoms with Crippen molar-refractivity contribution in [2.45, 2.75) is 43.9 Å². The number of sulfone groups is 1. The van der Waals surface area contributed by atoms with Crippen molar-refractivity contribution in [3.8, 4) is 5.75 Å². The molecule has 0 aliphatic heterocycles. The Hall–Kier alpha value is -3.05. The molecule has 1 saturated carbocycles. The fraction of sp³-hybridized carbons (Fsp3) is 0.333. The third-order valence-corrected chi connectivity index (χ3v) is 8.05. The van der Waals surface area contributed by atoms with Gasteiger partial charge in [-0.15, -0.1) is 0 Å². The van der Waals surface area contributed by atoms with Crippen molar-refractivity contribution in [2.24, 2.45) is 0 Å². The number of carbonyl (C=O) groups is 1. The lowest BCUT2D eigenvalue weighted by Crippen LogP contribution is -2.15. The number of aromatic hydroxyl groups is 1. The summed E-state index contributed by atoms with van der Waals surface area (Å²) in [5.41, 5.74) is 1.71. The predicted molar refractivity (Wildman–Crippen MR) is 132 cm³/mol. The van der Waals surface area contributed by atoms with Gasteiger partial charge in [0.15, 0.2) is 9.84 Å². The first-order chi connectivity index (χ1) is 16.8. The number of esters is 1. The molecule has 0 amide bonds. The fourth-order valence-electron chi connectivity index (χ4n) is 4.46. The van der Waals surface area contributed by atoms with Crippen molar-refractivity contribution in [3.63, 3.8) is 0 Å². The Kier molecular flexibility index (Phi) is 6.22. The number of nitrogens with zero attached hydrogens (tertiary/aromatic N) is 3. The summed E-state index contributed by atoms with van der Waals surface area (Å²) in [7, 11) is -3.70. The summed E-state index contributed by atoms with van der Waals surface area (Å²) in [6.07, 6.45) is 8.16. The number of benzene rings is 1. The SMILES string of the molecule is CCOC(=O)c1c(CS(=O)(=O)Cc2ccco2)n(C2CC2)c2cc(Br)c(O)c(Cn3ccnc3)c12. The first kappa shape index (κ1) is 23.7. The number of halogens is 1. The molecule has 0 bridgehead atoms. The van der Waals surface area contributed by atoms with Gasteiger partial charge in [-0.3, -0.25) is 0 Å². The van der Waals surface area contributed by atoms with Crippen molar-refractivity contribution in [1.29, 1.82) is 0 Å². The van der Waals surface area contributed by atoms with Gasteiger partial charge in [0.2, 0.25) is 0 Å². The van der Waals surface area contributed by atoms with E-state index in [0.29, 0.717) is 32.4 Å². The van der Waals surface area contributed by atoms with E-state index in [4.69, 9.17) is 9.15 Å². The van der Waals surface area contributed by atoms with E-state index >= 15 is 0 Å². The Morgan fingerprint density at radius 1 is 1.34 bits per heavy atom. The van der Waals surface area contributed by atoms with Gasteiger partial charge in [0.1, 0.15) is 17.3 Å². The average Bonchev–Trinajstić information content (AvgIpc) is 3.17. The molecule has 1 fully saturated rings. The molecule has 4 aromatic rings. The molecule has 1 aromatic carbocycles. The van der Waals surface area contributed by atoms with Gasteiger partial charge in [-0.25, -0.2) is 18.2 Å². The molecule has 9 nitrogen and oxygen atoms in total. The second-order valence-electron chi connectivity index (χ2n) is 8.57. The second kappa shape index (κ2) is 9.19. The molecule has 184 valence electrons. The molecule has 0 saturated heterocycles. The third-order valence-electron chi connectivity index (χ3n) is 6.01. The number of imidazole rings is 1. The second-order valence-corrected chi connectivity index (χ2v) is 11.5. The van der Waals surface area contributed by atoms with Gasteiger partial charge >= 0.3 is 5.97 Å². The highest BCUT2D eigenvalue weighted by Crippen LogP contribution is 2.46. The minimum Gasteiger partial charge on any atom is -0.506 e. The largest absolute Gasteiger partial charge is 0.506 e. The van der Waals surface area contributed by atoms with E-state index in [9.17, 15) is 18.3 Å². The summed E-state index contributed by atoms with van der Waals surface area (Å²) in [5.74, 6) is -0.956. The van der Waals surface area contributed by atoms with E-state index in [1.807, 2.05) is 4.57 Å². The van der Waals surface area contributed by atoms with E-state index in [-0.39, 0.29) is 42.0 Å². The van der Waals surface area contributed by atoms with Crippen LogP contribution in [0.4, 0.5) is 0 Å². The lowest BCUT2D eigenvalue weighted by Gasteiger charge is -2.12. The summed E-state index contributed by atoms with van der Waals surface area (Å²) in [6.45, 7) is 2.07. The molecule has 0 spiro atoms. The number of aromatic nitrogens is 3. The summed E-state index contributed by atoms with van der Waals surface area (Å²) in [5, 5.41) is 11.5. The van der Waals surface area contributed by atoms with Crippen LogP contribution in [0.25, 0.3) is 10.9 Å². The molecule has 0 radical (unpaired) electrons. The first-order valence-corrected chi connectivity index (χ1v) is 13.8. The van der Waals surface area contributed by atoms with E-state index in [0.717, 1.165) is 12.8 Å². The monoisotopic (exact) mass is 561 g/mol. The fourth-order valence-corrected chi connectivity index (χ4v) is 6.32. The van der Waals surface area contributed by atoms with E-state index in [2.05, 4.69) is 20.9 Å². The number of phenolic OH excluding ortho intramolecular Hbond substituents is 1. The van der Waals surface area contributed by atoms with Gasteiger partial charge in [-0.05, 0) is 53.9 Å². The third kappa shape index (κ3) is 4.62. The zero-order valence-corrected chi connectivity index (χ0v) is 21.4. The maximum absolute atomic E-state index is 13.3. The lowest BCUT2D eigenvalue weighted by atomic mass is 10.0. The topological polar surface area (TPSA) is 117 Å². The van der Waals surface area contributed by atoms with E-state index in [1.165, 1.54) is 6.26 Å². The summed E-state index contributed by atoms with van der Waals surface area (Å²) < 4.78 is 41.3. The number of hydrogen-bond acceptors (Lipinski definition) is 7. The first-order valence-electron chi connectivity index (χ1n) is 11.2. The van der Waals surface area contributed by atoms with Crippen LogP contribution in [0.3, 0.4) is 0 Å². The molecule has 35 heavy (non-hydrogen) atoms. The number of carbonyl (C=O) groups excluding carboxylic acids is 1. The quantitative estimate of drug-likeness (QED) is 0.297. The minimum absolute atomic E-state index is 0.0188. The van der Waals surface area contributed by atoms with Crippen LogP contribution in [-0.4, -0.2) is 40.2 Å². The number of fused-ring (bicyclic) bond motifs is 1. The lowest BCUT2D eigenvalue weighted by molar-refractivity contribution is 0.0527. The smallest absolute Gasteiger partial charge is 0.340 e. The van der Waals surface area contributed by atoms with Crippen molar-refractivity contribution in [2.75, 3.05) is 6.61 Å².